The Morgan fingerprint density at radius 3 is 2.73 bits per heavy atom. The van der Waals surface area contributed by atoms with Gasteiger partial charge in [-0.25, -0.2) is 9.97 Å². The number of rotatable bonds is 2. The van der Waals surface area contributed by atoms with Crippen LogP contribution in [-0.4, -0.2) is 57.8 Å². The van der Waals surface area contributed by atoms with E-state index in [2.05, 4.69) is 9.97 Å². The van der Waals surface area contributed by atoms with Gasteiger partial charge in [0.05, 0.1) is 11.3 Å². The molecule has 0 bridgehead atoms. The third-order valence-corrected chi connectivity index (χ3v) is 4.38. The maximum atomic E-state index is 12.6. The number of hydrogen-bond acceptors (Lipinski definition) is 4. The molecule has 6 nitrogen and oxygen atoms in total. The lowest BCUT2D eigenvalue weighted by molar-refractivity contribution is -0.132. The molecule has 0 N–H and O–H groups in total. The molecule has 6 heteroatoms. The Balaban J connectivity index is 1.72. The summed E-state index contributed by atoms with van der Waals surface area (Å²) in [7, 11) is 0. The second kappa shape index (κ2) is 6.42. The van der Waals surface area contributed by atoms with E-state index in [0.29, 0.717) is 17.9 Å². The van der Waals surface area contributed by atoms with Gasteiger partial charge in [-0.05, 0) is 39.0 Å². The van der Waals surface area contributed by atoms with Crippen molar-refractivity contribution in [2.45, 2.75) is 39.0 Å². The van der Waals surface area contributed by atoms with Gasteiger partial charge in [-0.1, -0.05) is 0 Å². The molecule has 0 aliphatic carbocycles. The highest BCUT2D eigenvalue weighted by atomic mass is 16.2. The number of amides is 2. The third-order valence-electron chi connectivity index (χ3n) is 4.38. The first kappa shape index (κ1) is 14.9. The number of aromatic nitrogens is 2. The molecule has 0 saturated carbocycles. The van der Waals surface area contributed by atoms with E-state index in [0.717, 1.165) is 44.5 Å². The smallest absolute Gasteiger partial charge is 0.257 e. The lowest BCUT2D eigenvalue weighted by Gasteiger charge is -2.29. The molecule has 2 amide bonds. The van der Waals surface area contributed by atoms with E-state index in [1.165, 1.54) is 6.42 Å². The molecule has 0 unspecified atom stereocenters. The first-order chi connectivity index (χ1) is 10.6. The Morgan fingerprint density at radius 2 is 1.95 bits per heavy atom. The Bertz CT molecular complexity index is 582. The summed E-state index contributed by atoms with van der Waals surface area (Å²) in [5.41, 5.74) is 1.36. The zero-order valence-corrected chi connectivity index (χ0v) is 13.0. The Kier molecular flexibility index (Phi) is 4.36. The summed E-state index contributed by atoms with van der Waals surface area (Å²) in [4.78, 5) is 37.1. The standard InChI is InChI=1S/C16H22N4O2/c1-12-17-10-13-14(18-12)6-5-9-20(16(13)22)11-15(21)19-7-3-2-4-8-19/h10H,2-9,11H2,1H3. The van der Waals surface area contributed by atoms with Gasteiger partial charge in [0.25, 0.3) is 5.91 Å². The minimum Gasteiger partial charge on any atom is -0.341 e. The van der Waals surface area contributed by atoms with E-state index in [9.17, 15) is 9.59 Å². The summed E-state index contributed by atoms with van der Waals surface area (Å²) in [6, 6.07) is 0. The number of fused-ring (bicyclic) bond motifs is 1. The maximum Gasteiger partial charge on any atom is 0.257 e. The molecule has 0 atom stereocenters. The van der Waals surface area contributed by atoms with Gasteiger partial charge in [0.15, 0.2) is 0 Å². The number of likely N-dealkylation sites (tertiary alicyclic amines) is 1. The van der Waals surface area contributed by atoms with Crippen LogP contribution < -0.4 is 0 Å². The molecule has 118 valence electrons. The molecule has 1 fully saturated rings. The van der Waals surface area contributed by atoms with Crippen molar-refractivity contribution >= 4 is 11.8 Å². The average Bonchev–Trinajstić information content (AvgIpc) is 2.68. The quantitative estimate of drug-likeness (QED) is 0.823. The van der Waals surface area contributed by atoms with Gasteiger partial charge in [-0.15, -0.1) is 0 Å². The van der Waals surface area contributed by atoms with E-state index in [4.69, 9.17) is 0 Å². The number of piperidine rings is 1. The molecular weight excluding hydrogens is 280 g/mol. The van der Waals surface area contributed by atoms with Crippen LogP contribution in [0.25, 0.3) is 0 Å². The summed E-state index contributed by atoms with van der Waals surface area (Å²) in [6.07, 6.45) is 6.52. The fraction of sp³-hybridized carbons (Fsp3) is 0.625. The highest BCUT2D eigenvalue weighted by Crippen LogP contribution is 2.17. The van der Waals surface area contributed by atoms with Crippen LogP contribution in [0.15, 0.2) is 6.20 Å². The van der Waals surface area contributed by atoms with Crippen LogP contribution in [0.1, 0.15) is 47.6 Å². The van der Waals surface area contributed by atoms with Crippen LogP contribution in [-0.2, 0) is 11.2 Å². The zero-order valence-electron chi connectivity index (χ0n) is 13.0. The van der Waals surface area contributed by atoms with E-state index >= 15 is 0 Å². The first-order valence-corrected chi connectivity index (χ1v) is 8.05. The zero-order chi connectivity index (χ0) is 15.5. The van der Waals surface area contributed by atoms with E-state index in [-0.39, 0.29) is 18.4 Å². The molecule has 22 heavy (non-hydrogen) atoms. The predicted octanol–water partition coefficient (Wildman–Crippen LogP) is 1.19. The van der Waals surface area contributed by atoms with Crippen LogP contribution in [0.5, 0.6) is 0 Å². The lowest BCUT2D eigenvalue weighted by atomic mass is 10.1. The first-order valence-electron chi connectivity index (χ1n) is 8.05. The Labute approximate surface area is 130 Å². The maximum absolute atomic E-state index is 12.6. The highest BCUT2D eigenvalue weighted by molar-refractivity contribution is 5.97. The minimum absolute atomic E-state index is 0.0598. The van der Waals surface area contributed by atoms with Crippen molar-refractivity contribution in [2.24, 2.45) is 0 Å². The molecule has 2 aliphatic rings. The van der Waals surface area contributed by atoms with E-state index in [1.807, 2.05) is 11.8 Å². The van der Waals surface area contributed by atoms with Crippen molar-refractivity contribution in [3.63, 3.8) is 0 Å². The third kappa shape index (κ3) is 3.10. The predicted molar refractivity (Wildman–Crippen MR) is 81.4 cm³/mol. The Morgan fingerprint density at radius 1 is 1.18 bits per heavy atom. The summed E-state index contributed by atoms with van der Waals surface area (Å²) >= 11 is 0. The molecule has 0 radical (unpaired) electrons. The van der Waals surface area contributed by atoms with Crippen molar-refractivity contribution in [2.75, 3.05) is 26.2 Å². The number of aryl methyl sites for hydroxylation is 2. The van der Waals surface area contributed by atoms with Crippen LogP contribution >= 0.6 is 0 Å². The topological polar surface area (TPSA) is 66.4 Å². The fourth-order valence-corrected chi connectivity index (χ4v) is 3.15. The van der Waals surface area contributed by atoms with Gasteiger partial charge < -0.3 is 9.80 Å². The molecule has 1 saturated heterocycles. The summed E-state index contributed by atoms with van der Waals surface area (Å²) in [6.45, 7) is 4.24. The van der Waals surface area contributed by atoms with Gasteiger partial charge in [0, 0.05) is 25.8 Å². The van der Waals surface area contributed by atoms with Crippen molar-refractivity contribution < 1.29 is 9.59 Å². The van der Waals surface area contributed by atoms with Crippen LogP contribution in [0.4, 0.5) is 0 Å². The largest absolute Gasteiger partial charge is 0.341 e. The molecule has 0 spiro atoms. The van der Waals surface area contributed by atoms with E-state index in [1.54, 1.807) is 11.1 Å². The summed E-state index contributed by atoms with van der Waals surface area (Å²) in [5, 5.41) is 0. The second-order valence-corrected chi connectivity index (χ2v) is 6.05. The second-order valence-electron chi connectivity index (χ2n) is 6.05. The fourth-order valence-electron chi connectivity index (χ4n) is 3.15. The summed E-state index contributed by atoms with van der Waals surface area (Å²) < 4.78 is 0. The SMILES string of the molecule is Cc1ncc2c(n1)CCCN(CC(=O)N1CCCCC1)C2=O. The normalized spacial score (nSPS) is 18.9. The van der Waals surface area contributed by atoms with Gasteiger partial charge in [-0.3, -0.25) is 9.59 Å². The summed E-state index contributed by atoms with van der Waals surface area (Å²) in [5.74, 6) is 0.631. The van der Waals surface area contributed by atoms with Gasteiger partial charge in [-0.2, -0.15) is 0 Å². The molecule has 0 aromatic carbocycles. The van der Waals surface area contributed by atoms with Gasteiger partial charge in [0.1, 0.15) is 12.4 Å². The minimum atomic E-state index is -0.113. The lowest BCUT2D eigenvalue weighted by Crippen LogP contribution is -2.44. The molecule has 3 heterocycles. The van der Waals surface area contributed by atoms with Crippen molar-refractivity contribution in [3.8, 4) is 0 Å². The number of hydrogen-bond donors (Lipinski definition) is 0. The number of carbonyl (C=O) groups excluding carboxylic acids is 2. The van der Waals surface area contributed by atoms with Crippen LogP contribution in [0, 0.1) is 6.92 Å². The van der Waals surface area contributed by atoms with Crippen molar-refractivity contribution in [3.05, 3.63) is 23.3 Å². The van der Waals surface area contributed by atoms with Crippen LogP contribution in [0.3, 0.4) is 0 Å². The van der Waals surface area contributed by atoms with Crippen molar-refractivity contribution in [1.29, 1.82) is 0 Å². The van der Waals surface area contributed by atoms with Gasteiger partial charge in [0.2, 0.25) is 5.91 Å². The van der Waals surface area contributed by atoms with Crippen LogP contribution in [0.2, 0.25) is 0 Å². The molecular formula is C16H22N4O2. The highest BCUT2D eigenvalue weighted by Gasteiger charge is 2.27. The monoisotopic (exact) mass is 302 g/mol. The molecule has 2 aliphatic heterocycles. The van der Waals surface area contributed by atoms with E-state index < -0.39 is 0 Å². The number of nitrogens with zero attached hydrogens (tertiary/aromatic N) is 4. The molecule has 1 aromatic heterocycles. The molecule has 3 rings (SSSR count). The Hall–Kier alpha value is -1.98. The molecule has 1 aromatic rings. The number of carbonyl (C=O) groups is 2. The van der Waals surface area contributed by atoms with Crippen molar-refractivity contribution in [1.82, 2.24) is 19.8 Å². The van der Waals surface area contributed by atoms with Gasteiger partial charge >= 0.3 is 0 Å². The average molecular weight is 302 g/mol.